The van der Waals surface area contributed by atoms with Crippen molar-refractivity contribution in [2.45, 2.75) is 24.2 Å². The van der Waals surface area contributed by atoms with Crippen LogP contribution >= 0.6 is 23.1 Å². The second kappa shape index (κ2) is 7.15. The van der Waals surface area contributed by atoms with Crippen LogP contribution in [-0.4, -0.2) is 47.7 Å². The van der Waals surface area contributed by atoms with E-state index in [1.807, 2.05) is 16.5 Å². The number of nitrogens with zero attached hydrogens (tertiary/aromatic N) is 3. The van der Waals surface area contributed by atoms with Crippen molar-refractivity contribution in [3.05, 3.63) is 40.9 Å². The molecule has 6 heteroatoms. The first-order valence-electron chi connectivity index (χ1n) is 8.46. The Morgan fingerprint density at radius 2 is 2.00 bits per heavy atom. The van der Waals surface area contributed by atoms with Crippen molar-refractivity contribution in [3.8, 4) is 0 Å². The van der Waals surface area contributed by atoms with Crippen LogP contribution in [0.15, 0.2) is 34.7 Å². The van der Waals surface area contributed by atoms with Crippen molar-refractivity contribution in [1.29, 1.82) is 0 Å². The number of thiazole rings is 1. The second-order valence-corrected chi connectivity index (χ2v) is 8.18. The predicted octanol–water partition coefficient (Wildman–Crippen LogP) is 3.07. The molecule has 2 aliphatic rings. The van der Waals surface area contributed by atoms with Crippen LogP contribution in [0.3, 0.4) is 0 Å². The van der Waals surface area contributed by atoms with E-state index in [1.54, 1.807) is 23.1 Å². The monoisotopic (exact) mass is 359 g/mol. The molecule has 0 bridgehead atoms. The van der Waals surface area contributed by atoms with Gasteiger partial charge in [-0.3, -0.25) is 4.79 Å². The van der Waals surface area contributed by atoms with Gasteiger partial charge >= 0.3 is 0 Å². The summed E-state index contributed by atoms with van der Waals surface area (Å²) in [7, 11) is 0. The van der Waals surface area contributed by atoms with E-state index < -0.39 is 0 Å². The van der Waals surface area contributed by atoms with Gasteiger partial charge in [0, 0.05) is 42.7 Å². The lowest BCUT2D eigenvalue weighted by atomic mass is 10.1. The van der Waals surface area contributed by atoms with Gasteiger partial charge in [-0.15, -0.1) is 23.1 Å². The molecule has 2 aromatic rings. The van der Waals surface area contributed by atoms with Crippen molar-refractivity contribution >= 4 is 34.1 Å². The largest absolute Gasteiger partial charge is 0.345 e. The van der Waals surface area contributed by atoms with E-state index in [0.717, 1.165) is 31.3 Å². The Hall–Kier alpha value is -1.53. The van der Waals surface area contributed by atoms with Crippen LogP contribution in [-0.2, 0) is 17.6 Å². The third-order valence-corrected chi connectivity index (χ3v) is 6.57. The minimum atomic E-state index is 0.249. The summed E-state index contributed by atoms with van der Waals surface area (Å²) in [5.74, 6) is 0.787. The van der Waals surface area contributed by atoms with Gasteiger partial charge < -0.3 is 9.80 Å². The molecule has 1 saturated heterocycles. The molecule has 1 aromatic heterocycles. The number of aromatic nitrogens is 1. The molecule has 1 aliphatic carbocycles. The van der Waals surface area contributed by atoms with E-state index >= 15 is 0 Å². The average molecular weight is 360 g/mol. The van der Waals surface area contributed by atoms with Gasteiger partial charge in [-0.25, -0.2) is 4.98 Å². The van der Waals surface area contributed by atoms with Crippen LogP contribution in [0.4, 0.5) is 5.13 Å². The van der Waals surface area contributed by atoms with E-state index in [4.69, 9.17) is 0 Å². The van der Waals surface area contributed by atoms with Gasteiger partial charge in [0.2, 0.25) is 5.91 Å². The zero-order chi connectivity index (χ0) is 16.4. The molecular weight excluding hydrogens is 338 g/mol. The molecule has 1 fully saturated rings. The van der Waals surface area contributed by atoms with Gasteiger partial charge in [0.15, 0.2) is 5.13 Å². The number of aryl methyl sites for hydroxylation is 2. The molecule has 1 amide bonds. The second-order valence-electron chi connectivity index (χ2n) is 6.26. The number of hydrogen-bond donors (Lipinski definition) is 0. The van der Waals surface area contributed by atoms with Gasteiger partial charge in [-0.05, 0) is 42.5 Å². The summed E-state index contributed by atoms with van der Waals surface area (Å²) in [6.07, 6.45) is 5.51. The Labute approximate surface area is 150 Å². The maximum Gasteiger partial charge on any atom is 0.233 e. The highest BCUT2D eigenvalue weighted by Crippen LogP contribution is 2.28. The predicted molar refractivity (Wildman–Crippen MR) is 100 cm³/mol. The van der Waals surface area contributed by atoms with Gasteiger partial charge in [-0.1, -0.05) is 6.07 Å². The number of rotatable bonds is 4. The molecule has 0 N–H and O–H groups in total. The average Bonchev–Trinajstić information content (AvgIpc) is 3.31. The first kappa shape index (κ1) is 16.0. The number of hydrogen-bond acceptors (Lipinski definition) is 5. The van der Waals surface area contributed by atoms with Crippen LogP contribution in [0.5, 0.6) is 0 Å². The summed E-state index contributed by atoms with van der Waals surface area (Å²) in [6, 6.07) is 6.69. The third-order valence-electron chi connectivity index (χ3n) is 4.75. The highest BCUT2D eigenvalue weighted by Gasteiger charge is 2.22. The molecule has 1 aromatic carbocycles. The fourth-order valence-corrected chi connectivity index (χ4v) is 4.95. The van der Waals surface area contributed by atoms with Crippen LogP contribution in [0.25, 0.3) is 0 Å². The van der Waals surface area contributed by atoms with Crippen LogP contribution in [0.1, 0.15) is 17.5 Å². The maximum absolute atomic E-state index is 12.5. The number of carbonyl (C=O) groups is 1. The molecular formula is C18H21N3OS2. The molecule has 126 valence electrons. The molecule has 0 saturated carbocycles. The Morgan fingerprint density at radius 3 is 2.79 bits per heavy atom. The number of anilines is 1. The highest BCUT2D eigenvalue weighted by molar-refractivity contribution is 8.00. The molecule has 2 heterocycles. The summed E-state index contributed by atoms with van der Waals surface area (Å²) in [5, 5.41) is 3.06. The number of amides is 1. The normalized spacial score (nSPS) is 17.2. The van der Waals surface area contributed by atoms with E-state index in [0.29, 0.717) is 5.75 Å². The number of benzene rings is 1. The fraction of sp³-hybridized carbons (Fsp3) is 0.444. The van der Waals surface area contributed by atoms with Crippen molar-refractivity contribution in [1.82, 2.24) is 9.88 Å². The van der Waals surface area contributed by atoms with E-state index in [2.05, 4.69) is 28.1 Å². The summed E-state index contributed by atoms with van der Waals surface area (Å²) in [4.78, 5) is 22.3. The van der Waals surface area contributed by atoms with Gasteiger partial charge in [-0.2, -0.15) is 0 Å². The fourth-order valence-electron chi connectivity index (χ4n) is 3.39. The van der Waals surface area contributed by atoms with Crippen molar-refractivity contribution in [2.24, 2.45) is 0 Å². The van der Waals surface area contributed by atoms with Crippen LogP contribution < -0.4 is 4.90 Å². The first-order valence-corrected chi connectivity index (χ1v) is 10.3. The number of thioether (sulfide) groups is 1. The van der Waals surface area contributed by atoms with E-state index in [-0.39, 0.29) is 5.91 Å². The summed E-state index contributed by atoms with van der Waals surface area (Å²) in [5.41, 5.74) is 2.97. The topological polar surface area (TPSA) is 36.4 Å². The Balaban J connectivity index is 1.28. The number of piperazine rings is 1. The quantitative estimate of drug-likeness (QED) is 0.786. The zero-order valence-electron chi connectivity index (χ0n) is 13.6. The lowest BCUT2D eigenvalue weighted by Crippen LogP contribution is -2.49. The highest BCUT2D eigenvalue weighted by atomic mass is 32.2. The minimum Gasteiger partial charge on any atom is -0.345 e. The number of fused-ring (bicyclic) bond motifs is 1. The lowest BCUT2D eigenvalue weighted by Gasteiger charge is -2.34. The molecule has 4 rings (SSSR count). The van der Waals surface area contributed by atoms with Crippen molar-refractivity contribution in [3.63, 3.8) is 0 Å². The molecule has 24 heavy (non-hydrogen) atoms. The molecule has 0 spiro atoms. The third kappa shape index (κ3) is 3.44. The van der Waals surface area contributed by atoms with Crippen LogP contribution in [0, 0.1) is 0 Å². The Bertz CT molecular complexity index is 709. The van der Waals surface area contributed by atoms with E-state index in [9.17, 15) is 4.79 Å². The van der Waals surface area contributed by atoms with Gasteiger partial charge in [0.05, 0.1) is 5.75 Å². The summed E-state index contributed by atoms with van der Waals surface area (Å²) >= 11 is 3.34. The smallest absolute Gasteiger partial charge is 0.233 e. The SMILES string of the molecule is O=C(CSc1ccc2c(c1)CCC2)N1CCN(c2nccs2)CC1. The van der Waals surface area contributed by atoms with Crippen molar-refractivity contribution < 1.29 is 4.79 Å². The molecule has 0 atom stereocenters. The Kier molecular flexibility index (Phi) is 4.76. The van der Waals surface area contributed by atoms with Gasteiger partial charge in [0.25, 0.3) is 0 Å². The minimum absolute atomic E-state index is 0.249. The summed E-state index contributed by atoms with van der Waals surface area (Å²) in [6.45, 7) is 3.35. The first-order chi connectivity index (χ1) is 11.8. The standard InChI is InChI=1S/C18H21N3OS2/c22-17(13-24-16-5-4-14-2-1-3-15(14)12-16)20-7-9-21(10-8-20)18-19-6-11-23-18/h4-6,11-12H,1-3,7-10,13H2. The lowest BCUT2D eigenvalue weighted by molar-refractivity contribution is -0.128. The Morgan fingerprint density at radius 1 is 1.17 bits per heavy atom. The molecule has 1 aliphatic heterocycles. The van der Waals surface area contributed by atoms with E-state index in [1.165, 1.54) is 35.3 Å². The summed E-state index contributed by atoms with van der Waals surface area (Å²) < 4.78 is 0. The zero-order valence-corrected chi connectivity index (χ0v) is 15.2. The maximum atomic E-state index is 12.5. The van der Waals surface area contributed by atoms with Crippen molar-refractivity contribution in [2.75, 3.05) is 36.8 Å². The van der Waals surface area contributed by atoms with Gasteiger partial charge in [0.1, 0.15) is 0 Å². The van der Waals surface area contributed by atoms with Crippen LogP contribution in [0.2, 0.25) is 0 Å². The molecule has 4 nitrogen and oxygen atoms in total. The molecule has 0 unspecified atom stereocenters. The molecule has 0 radical (unpaired) electrons. The number of carbonyl (C=O) groups excluding carboxylic acids is 1.